The van der Waals surface area contributed by atoms with E-state index in [0.717, 1.165) is 25.4 Å². The monoisotopic (exact) mass is 369 g/mol. The van der Waals surface area contributed by atoms with Crippen LogP contribution in [0, 0.1) is 0 Å². The number of amides is 2. The molecule has 27 heavy (non-hydrogen) atoms. The van der Waals surface area contributed by atoms with Crippen molar-refractivity contribution in [3.63, 3.8) is 0 Å². The molecule has 1 heterocycles. The van der Waals surface area contributed by atoms with E-state index in [4.69, 9.17) is 9.47 Å². The summed E-state index contributed by atoms with van der Waals surface area (Å²) >= 11 is 0. The molecule has 6 nitrogen and oxygen atoms in total. The summed E-state index contributed by atoms with van der Waals surface area (Å²) in [5.41, 5.74) is 1.88. The zero-order chi connectivity index (χ0) is 19.1. The largest absolute Gasteiger partial charge is 0.496 e. The Morgan fingerprint density at radius 3 is 2.37 bits per heavy atom. The van der Waals surface area contributed by atoms with Crippen molar-refractivity contribution < 1.29 is 14.3 Å². The van der Waals surface area contributed by atoms with Crippen molar-refractivity contribution in [1.82, 2.24) is 9.80 Å². The van der Waals surface area contributed by atoms with Crippen LogP contribution in [0.1, 0.15) is 12.5 Å². The number of anilines is 1. The molecule has 1 aliphatic rings. The van der Waals surface area contributed by atoms with Crippen molar-refractivity contribution in [2.24, 2.45) is 0 Å². The Hall–Kier alpha value is -2.73. The van der Waals surface area contributed by atoms with Crippen LogP contribution in [0.3, 0.4) is 0 Å². The molecule has 1 saturated heterocycles. The molecule has 1 fully saturated rings. The topological polar surface area (TPSA) is 54.0 Å². The first-order valence-corrected chi connectivity index (χ1v) is 9.33. The summed E-state index contributed by atoms with van der Waals surface area (Å²) in [6, 6.07) is 15.5. The second kappa shape index (κ2) is 9.28. The molecule has 6 heteroatoms. The summed E-state index contributed by atoms with van der Waals surface area (Å²) in [6.45, 7) is 6.37. The van der Waals surface area contributed by atoms with E-state index in [9.17, 15) is 4.79 Å². The van der Waals surface area contributed by atoms with Crippen molar-refractivity contribution in [1.29, 1.82) is 0 Å². The highest BCUT2D eigenvalue weighted by molar-refractivity contribution is 5.91. The molecule has 144 valence electrons. The van der Waals surface area contributed by atoms with Crippen molar-refractivity contribution in [3.05, 3.63) is 54.1 Å². The first-order chi connectivity index (χ1) is 13.2. The zero-order valence-corrected chi connectivity index (χ0v) is 16.0. The predicted octanol–water partition coefficient (Wildman–Crippen LogP) is 3.44. The minimum Gasteiger partial charge on any atom is -0.496 e. The highest BCUT2D eigenvalue weighted by Crippen LogP contribution is 2.24. The third-order valence-corrected chi connectivity index (χ3v) is 4.67. The maximum Gasteiger partial charge on any atom is 0.322 e. The summed E-state index contributed by atoms with van der Waals surface area (Å²) in [4.78, 5) is 16.8. The standard InChI is InChI=1S/C21H27N3O3/c1-3-27-20-11-7-5-9-18(20)22-21(25)24-14-12-23(13-15-24)16-17-8-4-6-10-19(17)26-2/h4-11H,3,12-16H2,1-2H3,(H,22,25). The highest BCUT2D eigenvalue weighted by Gasteiger charge is 2.22. The lowest BCUT2D eigenvalue weighted by Gasteiger charge is -2.35. The van der Waals surface area contributed by atoms with Crippen LogP contribution in [0.4, 0.5) is 10.5 Å². The van der Waals surface area contributed by atoms with Crippen LogP contribution in [-0.4, -0.2) is 55.7 Å². The number of nitrogens with one attached hydrogen (secondary N) is 1. The summed E-state index contributed by atoms with van der Waals surface area (Å²) in [5.74, 6) is 1.60. The van der Waals surface area contributed by atoms with Gasteiger partial charge < -0.3 is 19.7 Å². The van der Waals surface area contributed by atoms with Crippen molar-refractivity contribution >= 4 is 11.7 Å². The lowest BCUT2D eigenvalue weighted by molar-refractivity contribution is 0.142. The zero-order valence-electron chi connectivity index (χ0n) is 16.0. The van der Waals surface area contributed by atoms with E-state index in [1.165, 1.54) is 5.56 Å². The Bertz CT molecular complexity index is 758. The van der Waals surface area contributed by atoms with Crippen molar-refractivity contribution in [2.75, 3.05) is 45.2 Å². The van der Waals surface area contributed by atoms with E-state index in [2.05, 4.69) is 16.3 Å². The molecule has 0 radical (unpaired) electrons. The maximum absolute atomic E-state index is 12.6. The molecule has 1 aliphatic heterocycles. The fourth-order valence-corrected chi connectivity index (χ4v) is 3.23. The molecule has 0 saturated carbocycles. The summed E-state index contributed by atoms with van der Waals surface area (Å²) in [6.07, 6.45) is 0. The van der Waals surface area contributed by atoms with E-state index in [-0.39, 0.29) is 6.03 Å². The molecule has 1 N–H and O–H groups in total. The predicted molar refractivity (Wildman–Crippen MR) is 106 cm³/mol. The van der Waals surface area contributed by atoms with Gasteiger partial charge in [-0.05, 0) is 25.1 Å². The Kier molecular flexibility index (Phi) is 6.54. The van der Waals surface area contributed by atoms with Gasteiger partial charge in [-0.1, -0.05) is 30.3 Å². The van der Waals surface area contributed by atoms with Crippen LogP contribution in [0.25, 0.3) is 0 Å². The van der Waals surface area contributed by atoms with E-state index in [1.54, 1.807) is 7.11 Å². The molecule has 2 aromatic carbocycles. The van der Waals surface area contributed by atoms with Gasteiger partial charge in [-0.2, -0.15) is 0 Å². The summed E-state index contributed by atoms with van der Waals surface area (Å²) in [7, 11) is 1.70. The fourth-order valence-electron chi connectivity index (χ4n) is 3.23. The number of ether oxygens (including phenoxy) is 2. The number of benzene rings is 2. The number of rotatable bonds is 6. The maximum atomic E-state index is 12.6. The van der Waals surface area contributed by atoms with Gasteiger partial charge in [-0.3, -0.25) is 4.90 Å². The molecule has 0 spiro atoms. The summed E-state index contributed by atoms with van der Waals surface area (Å²) in [5, 5.41) is 2.97. The van der Waals surface area contributed by atoms with E-state index in [1.807, 2.05) is 54.3 Å². The van der Waals surface area contributed by atoms with Gasteiger partial charge in [0, 0.05) is 38.3 Å². The molecule has 0 atom stereocenters. The lowest BCUT2D eigenvalue weighted by Crippen LogP contribution is -2.49. The van der Waals surface area contributed by atoms with Gasteiger partial charge in [0.15, 0.2) is 0 Å². The number of nitrogens with zero attached hydrogens (tertiary/aromatic N) is 2. The van der Waals surface area contributed by atoms with Gasteiger partial charge in [0.2, 0.25) is 0 Å². The van der Waals surface area contributed by atoms with E-state index in [0.29, 0.717) is 31.1 Å². The molecule has 0 aromatic heterocycles. The van der Waals surface area contributed by atoms with Crippen LogP contribution < -0.4 is 14.8 Å². The minimum absolute atomic E-state index is 0.0842. The third kappa shape index (κ3) is 4.92. The van der Waals surface area contributed by atoms with Crippen molar-refractivity contribution in [2.45, 2.75) is 13.5 Å². The second-order valence-corrected chi connectivity index (χ2v) is 6.43. The minimum atomic E-state index is -0.0842. The Morgan fingerprint density at radius 2 is 1.67 bits per heavy atom. The Labute approximate surface area is 160 Å². The molecule has 2 aromatic rings. The lowest BCUT2D eigenvalue weighted by atomic mass is 10.1. The molecule has 0 bridgehead atoms. The highest BCUT2D eigenvalue weighted by atomic mass is 16.5. The molecule has 0 aliphatic carbocycles. The average molecular weight is 369 g/mol. The first-order valence-electron chi connectivity index (χ1n) is 9.33. The smallest absolute Gasteiger partial charge is 0.322 e. The van der Waals surface area contributed by atoms with Gasteiger partial charge in [-0.25, -0.2) is 4.79 Å². The van der Waals surface area contributed by atoms with Gasteiger partial charge >= 0.3 is 6.03 Å². The van der Waals surface area contributed by atoms with Gasteiger partial charge in [-0.15, -0.1) is 0 Å². The number of urea groups is 1. The number of carbonyl (C=O) groups excluding carboxylic acids is 1. The fraction of sp³-hybridized carbons (Fsp3) is 0.381. The van der Waals surface area contributed by atoms with Crippen LogP contribution >= 0.6 is 0 Å². The molecule has 2 amide bonds. The van der Waals surface area contributed by atoms with Crippen molar-refractivity contribution in [3.8, 4) is 11.5 Å². The number of hydrogen-bond acceptors (Lipinski definition) is 4. The quantitative estimate of drug-likeness (QED) is 0.847. The van der Waals surface area contributed by atoms with Crippen LogP contribution in [0.5, 0.6) is 11.5 Å². The van der Waals surface area contributed by atoms with Crippen LogP contribution in [0.2, 0.25) is 0 Å². The van der Waals surface area contributed by atoms with Gasteiger partial charge in [0.05, 0.1) is 19.4 Å². The van der Waals surface area contributed by atoms with Crippen LogP contribution in [0.15, 0.2) is 48.5 Å². The molecule has 0 unspecified atom stereocenters. The molecular formula is C21H27N3O3. The Morgan fingerprint density at radius 1 is 1.00 bits per heavy atom. The number of hydrogen-bond donors (Lipinski definition) is 1. The third-order valence-electron chi connectivity index (χ3n) is 4.67. The number of methoxy groups -OCH3 is 1. The molecule has 3 rings (SSSR count). The average Bonchev–Trinajstić information content (AvgIpc) is 2.70. The Balaban J connectivity index is 1.54. The van der Waals surface area contributed by atoms with Crippen LogP contribution in [-0.2, 0) is 6.54 Å². The van der Waals surface area contributed by atoms with Gasteiger partial charge in [0.25, 0.3) is 0 Å². The first kappa shape index (κ1) is 19.0. The number of para-hydroxylation sites is 3. The second-order valence-electron chi connectivity index (χ2n) is 6.43. The van der Waals surface area contributed by atoms with E-state index >= 15 is 0 Å². The normalized spacial score (nSPS) is 14.7. The number of piperazine rings is 1. The SMILES string of the molecule is CCOc1ccccc1NC(=O)N1CCN(Cc2ccccc2OC)CC1. The molecular weight excluding hydrogens is 342 g/mol. The van der Waals surface area contributed by atoms with Gasteiger partial charge in [0.1, 0.15) is 11.5 Å². The number of carbonyl (C=O) groups is 1. The summed E-state index contributed by atoms with van der Waals surface area (Å²) < 4.78 is 11.0. The van der Waals surface area contributed by atoms with E-state index < -0.39 is 0 Å².